The van der Waals surface area contributed by atoms with E-state index in [-0.39, 0.29) is 11.8 Å². The van der Waals surface area contributed by atoms with Crippen LogP contribution in [0.3, 0.4) is 0 Å². The summed E-state index contributed by atoms with van der Waals surface area (Å²) in [5.41, 5.74) is 1.82. The first-order chi connectivity index (χ1) is 8.86. The minimum atomic E-state index is -3.17. The molecule has 1 atom stereocenters. The van der Waals surface area contributed by atoms with Crippen LogP contribution in [0.5, 0.6) is 0 Å². The maximum atomic E-state index is 12.4. The lowest BCUT2D eigenvalue weighted by atomic mass is 10.2. The average Bonchev–Trinajstić information content (AvgIpc) is 2.36. The van der Waals surface area contributed by atoms with Gasteiger partial charge in [0.2, 0.25) is 0 Å². The molecule has 0 fully saturated rings. The third kappa shape index (κ3) is 4.96. The molecule has 1 unspecified atom stereocenters. The van der Waals surface area contributed by atoms with E-state index >= 15 is 0 Å². The summed E-state index contributed by atoms with van der Waals surface area (Å²) in [5.74, 6) is 0.204. The fraction of sp³-hybridized carbons (Fsp3) is 0.600. The summed E-state index contributed by atoms with van der Waals surface area (Å²) in [7, 11) is -3.17. The molecule has 19 heavy (non-hydrogen) atoms. The van der Waals surface area contributed by atoms with Crippen molar-refractivity contribution in [1.82, 2.24) is 5.32 Å². The zero-order valence-corrected chi connectivity index (χ0v) is 13.2. The van der Waals surface area contributed by atoms with Crippen molar-refractivity contribution in [2.75, 3.05) is 12.3 Å². The van der Waals surface area contributed by atoms with Crippen LogP contribution in [0.4, 0.5) is 0 Å². The molecule has 0 radical (unpaired) electrons. The number of nitrogens with one attached hydrogen (secondary N) is 1. The van der Waals surface area contributed by atoms with E-state index < -0.39 is 9.84 Å². The smallest absolute Gasteiger partial charge is 0.178 e. The SMILES string of the molecule is CCCNC(C)CCS(=O)(=O)c1cc(C)ccc1C. The number of benzene rings is 1. The highest BCUT2D eigenvalue weighted by molar-refractivity contribution is 7.91. The van der Waals surface area contributed by atoms with Crippen LogP contribution in [0.15, 0.2) is 23.1 Å². The van der Waals surface area contributed by atoms with Gasteiger partial charge in [-0.15, -0.1) is 0 Å². The molecule has 108 valence electrons. The molecule has 0 aliphatic rings. The van der Waals surface area contributed by atoms with Crippen LogP contribution in [-0.2, 0) is 9.84 Å². The predicted molar refractivity (Wildman–Crippen MR) is 80.3 cm³/mol. The normalized spacial score (nSPS) is 13.5. The predicted octanol–water partition coefficient (Wildman–Crippen LogP) is 2.86. The first-order valence-corrected chi connectivity index (χ1v) is 8.55. The standard InChI is InChI=1S/C15H25NO2S/c1-5-9-16-14(4)8-10-19(17,18)15-11-12(2)6-7-13(15)3/h6-7,11,14,16H,5,8-10H2,1-4H3. The molecule has 1 aromatic rings. The lowest BCUT2D eigenvalue weighted by Gasteiger charge is -2.14. The number of hydrogen-bond donors (Lipinski definition) is 1. The van der Waals surface area contributed by atoms with E-state index in [1.807, 2.05) is 32.9 Å². The van der Waals surface area contributed by atoms with Gasteiger partial charge < -0.3 is 5.32 Å². The summed E-state index contributed by atoms with van der Waals surface area (Å²) in [5, 5.41) is 3.32. The average molecular weight is 283 g/mol. The van der Waals surface area contributed by atoms with Gasteiger partial charge in [-0.25, -0.2) is 8.42 Å². The first-order valence-electron chi connectivity index (χ1n) is 6.90. The van der Waals surface area contributed by atoms with Gasteiger partial charge in [0, 0.05) is 6.04 Å². The van der Waals surface area contributed by atoms with Gasteiger partial charge in [0.1, 0.15) is 0 Å². The maximum absolute atomic E-state index is 12.4. The Morgan fingerprint density at radius 2 is 1.95 bits per heavy atom. The molecule has 0 bridgehead atoms. The van der Waals surface area contributed by atoms with E-state index in [9.17, 15) is 8.42 Å². The number of aryl methyl sites for hydroxylation is 2. The molecule has 0 aliphatic carbocycles. The number of sulfone groups is 1. The molecule has 0 aliphatic heterocycles. The van der Waals surface area contributed by atoms with E-state index in [2.05, 4.69) is 12.2 Å². The monoisotopic (exact) mass is 283 g/mol. The van der Waals surface area contributed by atoms with Crippen molar-refractivity contribution in [2.24, 2.45) is 0 Å². The fourth-order valence-corrected chi connectivity index (χ4v) is 3.78. The van der Waals surface area contributed by atoms with E-state index in [0.29, 0.717) is 11.3 Å². The van der Waals surface area contributed by atoms with Crippen LogP contribution in [0.25, 0.3) is 0 Å². The largest absolute Gasteiger partial charge is 0.314 e. The van der Waals surface area contributed by atoms with Crippen molar-refractivity contribution in [2.45, 2.75) is 51.5 Å². The molecule has 1 aromatic carbocycles. The summed E-state index contributed by atoms with van der Waals surface area (Å²) in [6.45, 7) is 8.85. The Morgan fingerprint density at radius 3 is 2.58 bits per heavy atom. The molecule has 1 rings (SSSR count). The van der Waals surface area contributed by atoms with Crippen molar-refractivity contribution in [3.05, 3.63) is 29.3 Å². The molecule has 1 N–H and O–H groups in total. The summed E-state index contributed by atoms with van der Waals surface area (Å²) in [6.07, 6.45) is 1.71. The molecule has 0 aromatic heterocycles. The highest BCUT2D eigenvalue weighted by atomic mass is 32.2. The van der Waals surface area contributed by atoms with Gasteiger partial charge in [-0.3, -0.25) is 0 Å². The van der Waals surface area contributed by atoms with Crippen LogP contribution in [0.2, 0.25) is 0 Å². The van der Waals surface area contributed by atoms with Crippen molar-refractivity contribution in [3.63, 3.8) is 0 Å². The Bertz CT molecular complexity index is 509. The zero-order valence-electron chi connectivity index (χ0n) is 12.4. The Balaban J connectivity index is 2.73. The van der Waals surface area contributed by atoms with Gasteiger partial charge in [-0.05, 0) is 57.4 Å². The van der Waals surface area contributed by atoms with Crippen LogP contribution in [-0.4, -0.2) is 26.8 Å². The second-order valence-corrected chi connectivity index (χ2v) is 7.31. The third-order valence-electron chi connectivity index (χ3n) is 3.24. The summed E-state index contributed by atoms with van der Waals surface area (Å²) < 4.78 is 24.7. The third-order valence-corrected chi connectivity index (χ3v) is 5.12. The van der Waals surface area contributed by atoms with E-state index in [4.69, 9.17) is 0 Å². The molecule has 0 amide bonds. The zero-order chi connectivity index (χ0) is 14.5. The Kier molecular flexibility index (Phi) is 6.01. The molecule has 0 saturated carbocycles. The van der Waals surface area contributed by atoms with Gasteiger partial charge >= 0.3 is 0 Å². The molecule has 0 saturated heterocycles. The van der Waals surface area contributed by atoms with Crippen molar-refractivity contribution < 1.29 is 8.42 Å². The molecule has 3 nitrogen and oxygen atoms in total. The van der Waals surface area contributed by atoms with Crippen molar-refractivity contribution >= 4 is 9.84 Å². The van der Waals surface area contributed by atoms with Gasteiger partial charge in [0.05, 0.1) is 10.6 Å². The maximum Gasteiger partial charge on any atom is 0.178 e. The van der Waals surface area contributed by atoms with Gasteiger partial charge in [0.25, 0.3) is 0 Å². The Morgan fingerprint density at radius 1 is 1.26 bits per heavy atom. The summed E-state index contributed by atoms with van der Waals surface area (Å²) in [4.78, 5) is 0.482. The quantitative estimate of drug-likeness (QED) is 0.837. The number of hydrogen-bond acceptors (Lipinski definition) is 3. The molecule has 0 spiro atoms. The Labute approximate surface area is 117 Å². The van der Waals surface area contributed by atoms with Gasteiger partial charge in [-0.1, -0.05) is 19.1 Å². The second-order valence-electron chi connectivity index (χ2n) is 5.23. The van der Waals surface area contributed by atoms with Crippen LogP contribution < -0.4 is 5.32 Å². The van der Waals surface area contributed by atoms with E-state index in [1.165, 1.54) is 0 Å². The summed E-state index contributed by atoms with van der Waals surface area (Å²) in [6, 6.07) is 5.83. The molecular formula is C15H25NO2S. The molecule has 4 heteroatoms. The van der Waals surface area contributed by atoms with Crippen LogP contribution in [0.1, 0.15) is 37.8 Å². The fourth-order valence-electron chi connectivity index (χ4n) is 1.98. The number of rotatable bonds is 7. The molecule has 0 heterocycles. The first kappa shape index (κ1) is 16.2. The van der Waals surface area contributed by atoms with Crippen molar-refractivity contribution in [3.8, 4) is 0 Å². The minimum Gasteiger partial charge on any atom is -0.314 e. The van der Waals surface area contributed by atoms with E-state index in [1.54, 1.807) is 6.07 Å². The summed E-state index contributed by atoms with van der Waals surface area (Å²) >= 11 is 0. The van der Waals surface area contributed by atoms with Crippen molar-refractivity contribution in [1.29, 1.82) is 0 Å². The Hall–Kier alpha value is -0.870. The lowest BCUT2D eigenvalue weighted by Crippen LogP contribution is -2.29. The minimum absolute atomic E-state index is 0.204. The lowest BCUT2D eigenvalue weighted by molar-refractivity contribution is 0.525. The molecular weight excluding hydrogens is 258 g/mol. The van der Waals surface area contributed by atoms with Gasteiger partial charge in [0.15, 0.2) is 9.84 Å². The topological polar surface area (TPSA) is 46.2 Å². The van der Waals surface area contributed by atoms with Crippen LogP contribution >= 0.6 is 0 Å². The van der Waals surface area contributed by atoms with Gasteiger partial charge in [-0.2, -0.15) is 0 Å². The van der Waals surface area contributed by atoms with E-state index in [0.717, 1.165) is 24.1 Å². The highest BCUT2D eigenvalue weighted by Gasteiger charge is 2.18. The van der Waals surface area contributed by atoms with Crippen LogP contribution in [0, 0.1) is 13.8 Å². The second kappa shape index (κ2) is 7.06. The highest BCUT2D eigenvalue weighted by Crippen LogP contribution is 2.19.